The summed E-state index contributed by atoms with van der Waals surface area (Å²) in [5.74, 6) is 1.94. The molecule has 0 bridgehead atoms. The lowest BCUT2D eigenvalue weighted by Gasteiger charge is -2.12. The van der Waals surface area contributed by atoms with Crippen molar-refractivity contribution >= 4 is 28.4 Å². The number of imidazole rings is 1. The molecule has 3 N–H and O–H groups in total. The third-order valence-electron chi connectivity index (χ3n) is 4.75. The van der Waals surface area contributed by atoms with Gasteiger partial charge in [-0.1, -0.05) is 18.2 Å². The van der Waals surface area contributed by atoms with Crippen LogP contribution in [-0.4, -0.2) is 30.2 Å². The molecule has 152 valence electrons. The first-order chi connectivity index (χ1) is 14.6. The first-order valence-electron chi connectivity index (χ1n) is 9.42. The second-order valence-corrected chi connectivity index (χ2v) is 6.81. The Bertz CT molecular complexity index is 1160. The quantitative estimate of drug-likeness (QED) is 0.428. The van der Waals surface area contributed by atoms with Crippen LogP contribution in [-0.2, 0) is 0 Å². The second kappa shape index (κ2) is 8.16. The minimum Gasteiger partial charge on any atom is -0.497 e. The molecule has 0 atom stereocenters. The lowest BCUT2D eigenvalue weighted by Crippen LogP contribution is -2.19. The van der Waals surface area contributed by atoms with Gasteiger partial charge in [-0.05, 0) is 36.8 Å². The maximum Gasteiger partial charge on any atom is 0.323 e. The zero-order valence-electron chi connectivity index (χ0n) is 16.9. The minimum absolute atomic E-state index is 0.371. The Morgan fingerprint density at radius 3 is 2.30 bits per heavy atom. The summed E-state index contributed by atoms with van der Waals surface area (Å²) in [4.78, 5) is 20.5. The van der Waals surface area contributed by atoms with E-state index in [9.17, 15) is 4.79 Å². The number of aryl methyl sites for hydroxylation is 1. The topological polar surface area (TPSA) is 88.3 Å². The van der Waals surface area contributed by atoms with Gasteiger partial charge >= 0.3 is 6.03 Å². The summed E-state index contributed by atoms with van der Waals surface area (Å²) in [7, 11) is 3.12. The monoisotopic (exact) mass is 402 g/mol. The van der Waals surface area contributed by atoms with Crippen molar-refractivity contribution < 1.29 is 14.3 Å². The van der Waals surface area contributed by atoms with E-state index >= 15 is 0 Å². The van der Waals surface area contributed by atoms with Crippen molar-refractivity contribution in [1.29, 1.82) is 0 Å². The molecule has 4 aromatic rings. The van der Waals surface area contributed by atoms with Crippen LogP contribution >= 0.6 is 0 Å². The van der Waals surface area contributed by atoms with Crippen molar-refractivity contribution in [2.24, 2.45) is 0 Å². The van der Waals surface area contributed by atoms with Crippen LogP contribution in [0.3, 0.4) is 0 Å². The van der Waals surface area contributed by atoms with E-state index in [1.807, 2.05) is 49.4 Å². The van der Waals surface area contributed by atoms with Gasteiger partial charge in [-0.3, -0.25) is 0 Å². The molecule has 0 aliphatic carbocycles. The van der Waals surface area contributed by atoms with Gasteiger partial charge < -0.3 is 25.1 Å². The summed E-state index contributed by atoms with van der Waals surface area (Å²) in [5, 5.41) is 5.66. The summed E-state index contributed by atoms with van der Waals surface area (Å²) in [5.41, 5.74) is 5.06. The Labute approximate surface area is 174 Å². The summed E-state index contributed by atoms with van der Waals surface area (Å²) in [6, 6.07) is 18.4. The number of rotatable bonds is 5. The van der Waals surface area contributed by atoms with E-state index in [1.165, 1.54) is 0 Å². The number of amides is 2. The number of nitrogens with one attached hydrogen (secondary N) is 3. The number of hydrogen-bond acceptors (Lipinski definition) is 4. The third kappa shape index (κ3) is 4.05. The summed E-state index contributed by atoms with van der Waals surface area (Å²) in [6.07, 6.45) is 0. The van der Waals surface area contributed by atoms with Gasteiger partial charge in [0.25, 0.3) is 0 Å². The first-order valence-corrected chi connectivity index (χ1v) is 9.42. The number of hydrogen-bond donors (Lipinski definition) is 3. The number of nitrogens with zero attached hydrogens (tertiary/aromatic N) is 1. The standard InChI is InChI=1S/C23H22N4O3/c1-14-8-9-15(12-19(14)22-26-20-6-4-5-7-21(20)27-22)24-23(28)25-16-10-17(29-2)13-18(11-16)30-3/h4-13H,1-3H3,(H,26,27)(H2,24,25,28). The van der Waals surface area contributed by atoms with Gasteiger partial charge in [-0.25, -0.2) is 9.78 Å². The number of ether oxygens (including phenoxy) is 2. The Balaban J connectivity index is 1.55. The number of aromatic nitrogens is 2. The molecule has 3 aromatic carbocycles. The minimum atomic E-state index is -0.371. The van der Waals surface area contributed by atoms with Crippen LogP contribution in [0.25, 0.3) is 22.4 Å². The number of H-pyrrole nitrogens is 1. The smallest absolute Gasteiger partial charge is 0.323 e. The van der Waals surface area contributed by atoms with E-state index in [0.717, 1.165) is 28.0 Å². The number of urea groups is 1. The van der Waals surface area contributed by atoms with E-state index in [1.54, 1.807) is 32.4 Å². The van der Waals surface area contributed by atoms with Crippen LogP contribution in [0.4, 0.5) is 16.2 Å². The Morgan fingerprint density at radius 1 is 0.900 bits per heavy atom. The van der Waals surface area contributed by atoms with Gasteiger partial charge in [0.1, 0.15) is 17.3 Å². The fourth-order valence-corrected chi connectivity index (χ4v) is 3.21. The predicted octanol–water partition coefficient (Wildman–Crippen LogP) is 5.20. The molecule has 0 aliphatic heterocycles. The highest BCUT2D eigenvalue weighted by Crippen LogP contribution is 2.28. The van der Waals surface area contributed by atoms with Crippen LogP contribution in [0.1, 0.15) is 5.56 Å². The lowest BCUT2D eigenvalue weighted by molar-refractivity contribution is 0.262. The van der Waals surface area contributed by atoms with Crippen molar-refractivity contribution in [3.8, 4) is 22.9 Å². The molecule has 2 amide bonds. The summed E-state index contributed by atoms with van der Waals surface area (Å²) < 4.78 is 10.5. The fourth-order valence-electron chi connectivity index (χ4n) is 3.21. The number of aromatic amines is 1. The zero-order valence-corrected chi connectivity index (χ0v) is 16.9. The van der Waals surface area contributed by atoms with Gasteiger partial charge in [0.15, 0.2) is 0 Å². The molecular formula is C23H22N4O3. The van der Waals surface area contributed by atoms with E-state index in [-0.39, 0.29) is 6.03 Å². The van der Waals surface area contributed by atoms with Crippen LogP contribution in [0.15, 0.2) is 60.7 Å². The van der Waals surface area contributed by atoms with Crippen molar-refractivity contribution in [3.05, 3.63) is 66.2 Å². The molecule has 0 radical (unpaired) electrons. The Kier molecular flexibility index (Phi) is 5.26. The molecule has 30 heavy (non-hydrogen) atoms. The Hall–Kier alpha value is -4.00. The number of para-hydroxylation sites is 2. The lowest BCUT2D eigenvalue weighted by atomic mass is 10.1. The van der Waals surface area contributed by atoms with E-state index in [4.69, 9.17) is 9.47 Å². The van der Waals surface area contributed by atoms with E-state index < -0.39 is 0 Å². The average Bonchev–Trinajstić information content (AvgIpc) is 3.18. The molecule has 0 saturated carbocycles. The number of benzene rings is 3. The van der Waals surface area contributed by atoms with Crippen molar-refractivity contribution in [3.63, 3.8) is 0 Å². The zero-order chi connectivity index (χ0) is 21.1. The largest absolute Gasteiger partial charge is 0.497 e. The average molecular weight is 402 g/mol. The molecule has 7 nitrogen and oxygen atoms in total. The highest BCUT2D eigenvalue weighted by Gasteiger charge is 2.11. The van der Waals surface area contributed by atoms with Crippen molar-refractivity contribution in [1.82, 2.24) is 9.97 Å². The predicted molar refractivity (Wildman–Crippen MR) is 118 cm³/mol. The SMILES string of the molecule is COc1cc(NC(=O)Nc2ccc(C)c(-c3nc4ccccc4[nH]3)c2)cc(OC)c1. The van der Waals surface area contributed by atoms with Gasteiger partial charge in [0.2, 0.25) is 0 Å². The number of methoxy groups -OCH3 is 2. The molecule has 0 saturated heterocycles. The number of carbonyl (C=O) groups excluding carboxylic acids is 1. The maximum atomic E-state index is 12.5. The van der Waals surface area contributed by atoms with Gasteiger partial charge in [-0.2, -0.15) is 0 Å². The van der Waals surface area contributed by atoms with E-state index in [2.05, 4.69) is 20.6 Å². The van der Waals surface area contributed by atoms with Gasteiger partial charge in [-0.15, -0.1) is 0 Å². The molecule has 0 aliphatic rings. The van der Waals surface area contributed by atoms with Crippen molar-refractivity contribution in [2.75, 3.05) is 24.9 Å². The Morgan fingerprint density at radius 2 is 1.60 bits per heavy atom. The fraction of sp³-hybridized carbons (Fsp3) is 0.130. The third-order valence-corrected chi connectivity index (χ3v) is 4.75. The van der Waals surface area contributed by atoms with Crippen LogP contribution in [0.5, 0.6) is 11.5 Å². The van der Waals surface area contributed by atoms with Crippen LogP contribution in [0.2, 0.25) is 0 Å². The van der Waals surface area contributed by atoms with Gasteiger partial charge in [0, 0.05) is 35.1 Å². The number of anilines is 2. The summed E-state index contributed by atoms with van der Waals surface area (Å²) in [6.45, 7) is 2.01. The molecule has 0 unspecified atom stereocenters. The van der Waals surface area contributed by atoms with Crippen molar-refractivity contribution in [2.45, 2.75) is 6.92 Å². The molecule has 4 rings (SSSR count). The summed E-state index contributed by atoms with van der Waals surface area (Å²) >= 11 is 0. The normalized spacial score (nSPS) is 10.6. The second-order valence-electron chi connectivity index (χ2n) is 6.81. The van der Waals surface area contributed by atoms with Gasteiger partial charge in [0.05, 0.1) is 25.3 Å². The molecule has 7 heteroatoms. The molecular weight excluding hydrogens is 380 g/mol. The number of carbonyl (C=O) groups is 1. The highest BCUT2D eigenvalue weighted by atomic mass is 16.5. The highest BCUT2D eigenvalue weighted by molar-refractivity contribution is 6.00. The molecule has 0 fully saturated rings. The van der Waals surface area contributed by atoms with E-state index in [0.29, 0.717) is 22.9 Å². The van der Waals surface area contributed by atoms with Crippen LogP contribution in [0, 0.1) is 6.92 Å². The van der Waals surface area contributed by atoms with Crippen LogP contribution < -0.4 is 20.1 Å². The first kappa shape index (κ1) is 19.3. The molecule has 1 heterocycles. The molecule has 0 spiro atoms. The number of fused-ring (bicyclic) bond motifs is 1. The molecule has 1 aromatic heterocycles. The maximum absolute atomic E-state index is 12.5.